The van der Waals surface area contributed by atoms with Gasteiger partial charge in [0.2, 0.25) is 0 Å². The van der Waals surface area contributed by atoms with E-state index in [0.29, 0.717) is 11.5 Å². The maximum atomic E-state index is 15.1. The van der Waals surface area contributed by atoms with Crippen LogP contribution in [0.15, 0.2) is 41.6 Å². The topological polar surface area (TPSA) is 150 Å². The highest BCUT2D eigenvalue weighted by Gasteiger charge is 2.53. The Balaban J connectivity index is 1.55. The third-order valence-electron chi connectivity index (χ3n) is 7.98. The fourth-order valence-corrected chi connectivity index (χ4v) is 7.57. The Morgan fingerprint density at radius 1 is 1.02 bits per heavy atom. The van der Waals surface area contributed by atoms with Crippen molar-refractivity contribution in [3.63, 3.8) is 0 Å². The fraction of sp³-hybridized carbons (Fsp3) is 0.364. The van der Waals surface area contributed by atoms with Gasteiger partial charge in [-0.25, -0.2) is 23.4 Å². The molecule has 3 aromatic heterocycles. The number of benzene rings is 2. The number of halogens is 3. The van der Waals surface area contributed by atoms with Crippen molar-refractivity contribution >= 4 is 62.8 Å². The van der Waals surface area contributed by atoms with Crippen LogP contribution >= 0.6 is 34.7 Å². The lowest BCUT2D eigenvalue weighted by atomic mass is 9.91. The summed E-state index contributed by atoms with van der Waals surface area (Å²) in [6, 6.07) is 5.20. The first kappa shape index (κ1) is 36.3. The number of nitrogens with zero attached hydrogens (tertiary/aromatic N) is 6. The van der Waals surface area contributed by atoms with Gasteiger partial charge in [-0.05, 0) is 44.4 Å². The minimum absolute atomic E-state index is 0.141. The van der Waals surface area contributed by atoms with Gasteiger partial charge in [-0.15, -0.1) is 23.1 Å². The molecule has 0 amide bonds. The second kappa shape index (κ2) is 14.7. The van der Waals surface area contributed by atoms with Gasteiger partial charge >= 0.3 is 17.9 Å². The third kappa shape index (κ3) is 7.33. The molecule has 0 unspecified atom stereocenters. The molecule has 6 rings (SSSR count). The summed E-state index contributed by atoms with van der Waals surface area (Å²) in [5.41, 5.74) is 1.46. The average Bonchev–Trinajstić information content (AvgIpc) is 3.79. The summed E-state index contributed by atoms with van der Waals surface area (Å²) in [4.78, 5) is 47.5. The van der Waals surface area contributed by atoms with Crippen LogP contribution < -0.4 is 0 Å². The van der Waals surface area contributed by atoms with Gasteiger partial charge in [0.1, 0.15) is 24.6 Å². The molecule has 1 aliphatic rings. The third-order valence-corrected chi connectivity index (χ3v) is 9.98. The van der Waals surface area contributed by atoms with Crippen LogP contribution in [0.4, 0.5) is 8.78 Å². The average molecular weight is 761 g/mol. The van der Waals surface area contributed by atoms with Crippen molar-refractivity contribution in [3.8, 4) is 16.8 Å². The maximum Gasteiger partial charge on any atom is 0.303 e. The molecule has 51 heavy (non-hydrogen) atoms. The minimum Gasteiger partial charge on any atom is -0.463 e. The Hall–Kier alpha value is -4.45. The highest BCUT2D eigenvalue weighted by molar-refractivity contribution is 7.98. The normalized spacial score (nSPS) is 20.4. The maximum absolute atomic E-state index is 15.1. The van der Waals surface area contributed by atoms with Gasteiger partial charge in [0.15, 0.2) is 35.8 Å². The van der Waals surface area contributed by atoms with E-state index in [-0.39, 0.29) is 23.6 Å². The lowest BCUT2D eigenvalue weighted by molar-refractivity contribution is -0.232. The monoisotopic (exact) mass is 760 g/mol. The van der Waals surface area contributed by atoms with E-state index in [4.69, 9.17) is 40.6 Å². The summed E-state index contributed by atoms with van der Waals surface area (Å²) in [6.45, 7) is 6.80. The molecule has 5 atom stereocenters. The quantitative estimate of drug-likeness (QED) is 0.0738. The first-order valence-electron chi connectivity index (χ1n) is 15.5. The number of ether oxygens (including phenoxy) is 4. The number of carbonyl (C=O) groups is 3. The van der Waals surface area contributed by atoms with Gasteiger partial charge in [-0.3, -0.25) is 19.1 Å². The van der Waals surface area contributed by atoms with Crippen LogP contribution in [0.3, 0.4) is 0 Å². The van der Waals surface area contributed by atoms with E-state index in [1.165, 1.54) is 73.1 Å². The molecule has 0 radical (unpaired) electrons. The number of hydrogen-bond donors (Lipinski definition) is 0. The van der Waals surface area contributed by atoms with E-state index < -0.39 is 65.0 Å². The predicted octanol–water partition coefficient (Wildman–Crippen LogP) is 6.12. The van der Waals surface area contributed by atoms with Gasteiger partial charge in [0.25, 0.3) is 0 Å². The standard InChI is InChI=1S/C33H31ClF2N6O7S2/c1-14-38-33(42(40-14)23-10-25-22(9-26(23)50-6)39-15(2)51-25)32-31(48-18(5)45)29(30(47-17(4)44)24(49-32)13-46-16(3)43)41-12-19(11-37-41)20-7-8-21(34)28(36)27(20)35/h7-12,24,29-32H,13H2,1-6H3/t24-,29+,30+,31-,32-/m1/s1. The number of fused-ring (bicyclic) bond motifs is 1. The molecule has 0 aliphatic carbocycles. The first-order chi connectivity index (χ1) is 24.2. The van der Waals surface area contributed by atoms with Crippen LogP contribution in [0.25, 0.3) is 27.0 Å². The Morgan fingerprint density at radius 3 is 2.43 bits per heavy atom. The molecule has 18 heteroatoms. The summed E-state index contributed by atoms with van der Waals surface area (Å²) in [5.74, 6) is -3.94. The number of aryl methyl sites for hydroxylation is 2. The fourth-order valence-electron chi connectivity index (χ4n) is 6.00. The molecule has 5 aromatic rings. The Kier molecular flexibility index (Phi) is 10.4. The highest BCUT2D eigenvalue weighted by atomic mass is 35.5. The van der Waals surface area contributed by atoms with Gasteiger partial charge in [0, 0.05) is 43.0 Å². The second-order valence-electron chi connectivity index (χ2n) is 11.6. The number of carbonyl (C=O) groups excluding carboxylic acids is 3. The van der Waals surface area contributed by atoms with E-state index in [1.807, 2.05) is 25.3 Å². The molecular weight excluding hydrogens is 730 g/mol. The molecule has 13 nitrogen and oxygen atoms in total. The molecule has 268 valence electrons. The largest absolute Gasteiger partial charge is 0.463 e. The summed E-state index contributed by atoms with van der Waals surface area (Å²) in [7, 11) is 0. The molecule has 0 saturated carbocycles. The zero-order chi connectivity index (χ0) is 36.7. The van der Waals surface area contributed by atoms with E-state index in [1.54, 1.807) is 11.6 Å². The van der Waals surface area contributed by atoms with Gasteiger partial charge in [-0.1, -0.05) is 11.6 Å². The zero-order valence-electron chi connectivity index (χ0n) is 28.0. The summed E-state index contributed by atoms with van der Waals surface area (Å²) < 4.78 is 57.0. The van der Waals surface area contributed by atoms with Crippen molar-refractivity contribution in [2.24, 2.45) is 0 Å². The second-order valence-corrected chi connectivity index (χ2v) is 14.1. The van der Waals surface area contributed by atoms with E-state index in [0.717, 1.165) is 20.1 Å². The number of thiazole rings is 1. The molecule has 0 N–H and O–H groups in total. The van der Waals surface area contributed by atoms with Gasteiger partial charge in [0.05, 0.1) is 32.1 Å². The van der Waals surface area contributed by atoms with Crippen LogP contribution in [-0.2, 0) is 33.3 Å². The molecule has 0 bridgehead atoms. The van der Waals surface area contributed by atoms with Crippen LogP contribution in [0.1, 0.15) is 49.6 Å². The molecule has 4 heterocycles. The Morgan fingerprint density at radius 2 is 1.75 bits per heavy atom. The number of thioether (sulfide) groups is 1. The van der Waals surface area contributed by atoms with E-state index in [9.17, 15) is 18.8 Å². The van der Waals surface area contributed by atoms with Crippen molar-refractivity contribution in [2.75, 3.05) is 12.9 Å². The van der Waals surface area contributed by atoms with Crippen molar-refractivity contribution in [3.05, 3.63) is 70.0 Å². The van der Waals surface area contributed by atoms with Crippen LogP contribution in [0.2, 0.25) is 5.02 Å². The summed E-state index contributed by atoms with van der Waals surface area (Å²) in [5, 5.41) is 9.61. The van der Waals surface area contributed by atoms with E-state index >= 15 is 4.39 Å². The van der Waals surface area contributed by atoms with Crippen LogP contribution in [0, 0.1) is 25.5 Å². The summed E-state index contributed by atoms with van der Waals surface area (Å²) in [6.07, 6.45) is -0.404. The Bertz CT molecular complexity index is 2160. The molecular formula is C33H31ClF2N6O7S2. The summed E-state index contributed by atoms with van der Waals surface area (Å²) >= 11 is 8.76. The number of esters is 3. The van der Waals surface area contributed by atoms with Crippen LogP contribution in [0.5, 0.6) is 0 Å². The number of hydrogen-bond acceptors (Lipinski definition) is 13. The molecule has 1 saturated heterocycles. The van der Waals surface area contributed by atoms with Gasteiger partial charge < -0.3 is 18.9 Å². The van der Waals surface area contributed by atoms with Crippen molar-refractivity contribution in [2.45, 2.75) is 70.0 Å². The Labute approximate surface area is 303 Å². The predicted molar refractivity (Wildman–Crippen MR) is 183 cm³/mol. The smallest absolute Gasteiger partial charge is 0.303 e. The molecule has 0 spiro atoms. The molecule has 1 fully saturated rings. The zero-order valence-corrected chi connectivity index (χ0v) is 30.4. The number of rotatable bonds is 9. The lowest BCUT2D eigenvalue weighted by Gasteiger charge is -2.44. The SMILES string of the molecule is CSc1cc2nc(C)sc2cc1-n1nc(C)nc1[C@@H]1O[C@H](COC(C)=O)[C@H](OC(C)=O)[C@H](n2cc(-c3ccc(Cl)c(F)c3F)cn2)[C@H]1OC(C)=O. The van der Waals surface area contributed by atoms with Crippen LogP contribution in [-0.4, -0.2) is 78.6 Å². The van der Waals surface area contributed by atoms with Crippen molar-refractivity contribution in [1.29, 1.82) is 0 Å². The van der Waals surface area contributed by atoms with Crippen molar-refractivity contribution < 1.29 is 42.1 Å². The number of aromatic nitrogens is 6. The molecule has 2 aromatic carbocycles. The first-order valence-corrected chi connectivity index (χ1v) is 17.9. The molecule has 1 aliphatic heterocycles. The minimum atomic E-state index is -1.31. The lowest BCUT2D eigenvalue weighted by Crippen LogP contribution is -2.56. The highest BCUT2D eigenvalue weighted by Crippen LogP contribution is 2.43. The van der Waals surface area contributed by atoms with Crippen molar-refractivity contribution in [1.82, 2.24) is 29.5 Å². The van der Waals surface area contributed by atoms with E-state index in [2.05, 4.69) is 10.1 Å². The van der Waals surface area contributed by atoms with Gasteiger partial charge in [-0.2, -0.15) is 10.2 Å².